The molecule has 0 bridgehead atoms. The van der Waals surface area contributed by atoms with Gasteiger partial charge in [0.05, 0.1) is 0 Å². The molecule has 1 aliphatic heterocycles. The van der Waals surface area contributed by atoms with Crippen molar-refractivity contribution < 1.29 is 9.47 Å². The van der Waals surface area contributed by atoms with Gasteiger partial charge in [-0.1, -0.05) is 15.9 Å². The molecule has 0 saturated heterocycles. The Balaban J connectivity index is 1.64. The SMILES string of the molecule is Brc1csc(CNCc2cc3c(cc2Br)OCO3)c1. The van der Waals surface area contributed by atoms with Crippen LogP contribution in [-0.4, -0.2) is 6.79 Å². The molecule has 0 amide bonds. The molecule has 2 heterocycles. The van der Waals surface area contributed by atoms with Crippen LogP contribution in [0.25, 0.3) is 0 Å². The Labute approximate surface area is 132 Å². The van der Waals surface area contributed by atoms with Gasteiger partial charge in [-0.15, -0.1) is 11.3 Å². The molecule has 3 rings (SSSR count). The smallest absolute Gasteiger partial charge is 0.231 e. The van der Waals surface area contributed by atoms with E-state index in [1.54, 1.807) is 11.3 Å². The average Bonchev–Trinajstić information content (AvgIpc) is 2.98. The second-order valence-corrected chi connectivity index (χ2v) is 6.90. The first kappa shape index (κ1) is 13.4. The van der Waals surface area contributed by atoms with Crippen LogP contribution in [0.2, 0.25) is 0 Å². The molecule has 1 aliphatic rings. The Kier molecular flexibility index (Phi) is 4.12. The van der Waals surface area contributed by atoms with Crippen LogP contribution in [0, 0.1) is 0 Å². The van der Waals surface area contributed by atoms with Crippen LogP contribution >= 0.6 is 43.2 Å². The maximum atomic E-state index is 5.39. The monoisotopic (exact) mass is 403 g/mol. The molecule has 2 aromatic rings. The number of hydrogen-bond acceptors (Lipinski definition) is 4. The van der Waals surface area contributed by atoms with Crippen molar-refractivity contribution in [3.63, 3.8) is 0 Å². The van der Waals surface area contributed by atoms with Crippen LogP contribution in [0.1, 0.15) is 10.4 Å². The molecule has 19 heavy (non-hydrogen) atoms. The number of thiophene rings is 1. The Hall–Kier alpha value is -0.560. The highest BCUT2D eigenvalue weighted by atomic mass is 79.9. The Bertz CT molecular complexity index is 600. The summed E-state index contributed by atoms with van der Waals surface area (Å²) >= 11 is 8.76. The van der Waals surface area contributed by atoms with Gasteiger partial charge in [0, 0.05) is 32.3 Å². The third kappa shape index (κ3) is 3.13. The van der Waals surface area contributed by atoms with Gasteiger partial charge in [0.25, 0.3) is 0 Å². The molecule has 6 heteroatoms. The number of benzene rings is 1. The summed E-state index contributed by atoms with van der Waals surface area (Å²) in [5.74, 6) is 1.62. The Morgan fingerprint density at radius 1 is 1.11 bits per heavy atom. The van der Waals surface area contributed by atoms with Crippen molar-refractivity contribution in [2.24, 2.45) is 0 Å². The van der Waals surface area contributed by atoms with Crippen molar-refractivity contribution in [1.29, 1.82) is 0 Å². The molecule has 1 aromatic heterocycles. The van der Waals surface area contributed by atoms with E-state index < -0.39 is 0 Å². The van der Waals surface area contributed by atoms with Gasteiger partial charge in [0.15, 0.2) is 11.5 Å². The van der Waals surface area contributed by atoms with Crippen LogP contribution in [0.3, 0.4) is 0 Å². The fourth-order valence-corrected chi connectivity index (χ4v) is 3.74. The van der Waals surface area contributed by atoms with E-state index in [9.17, 15) is 0 Å². The zero-order valence-electron chi connectivity index (χ0n) is 9.91. The van der Waals surface area contributed by atoms with Crippen molar-refractivity contribution in [3.8, 4) is 11.5 Å². The van der Waals surface area contributed by atoms with E-state index in [4.69, 9.17) is 9.47 Å². The van der Waals surface area contributed by atoms with Gasteiger partial charge in [-0.2, -0.15) is 0 Å². The van der Waals surface area contributed by atoms with E-state index in [-0.39, 0.29) is 0 Å². The van der Waals surface area contributed by atoms with E-state index in [0.29, 0.717) is 6.79 Å². The molecule has 1 aromatic carbocycles. The highest BCUT2D eigenvalue weighted by molar-refractivity contribution is 9.10. The molecule has 0 unspecified atom stereocenters. The fraction of sp³-hybridized carbons (Fsp3) is 0.231. The quantitative estimate of drug-likeness (QED) is 0.824. The lowest BCUT2D eigenvalue weighted by Crippen LogP contribution is -2.12. The second-order valence-electron chi connectivity index (χ2n) is 4.13. The fourth-order valence-electron chi connectivity index (χ4n) is 1.86. The first-order chi connectivity index (χ1) is 9.22. The molecule has 100 valence electrons. The van der Waals surface area contributed by atoms with E-state index >= 15 is 0 Å². The van der Waals surface area contributed by atoms with Crippen LogP contribution in [0.5, 0.6) is 11.5 Å². The van der Waals surface area contributed by atoms with Gasteiger partial charge in [0.1, 0.15) is 0 Å². The van der Waals surface area contributed by atoms with Crippen molar-refractivity contribution in [2.75, 3.05) is 6.79 Å². The van der Waals surface area contributed by atoms with Crippen LogP contribution in [0.15, 0.2) is 32.5 Å². The minimum absolute atomic E-state index is 0.307. The Morgan fingerprint density at radius 2 is 1.89 bits per heavy atom. The summed E-state index contributed by atoms with van der Waals surface area (Å²) in [5.41, 5.74) is 1.17. The van der Waals surface area contributed by atoms with Crippen molar-refractivity contribution in [1.82, 2.24) is 5.32 Å². The standard InChI is InChI=1S/C13H11Br2NO2S/c14-9-2-10(19-6-9)5-16-4-8-1-12-13(3-11(8)15)18-7-17-12/h1-3,6,16H,4-5,7H2. The largest absolute Gasteiger partial charge is 0.454 e. The van der Waals surface area contributed by atoms with Gasteiger partial charge in [-0.05, 0) is 39.7 Å². The highest BCUT2D eigenvalue weighted by Crippen LogP contribution is 2.36. The van der Waals surface area contributed by atoms with Gasteiger partial charge in [0.2, 0.25) is 6.79 Å². The first-order valence-electron chi connectivity index (χ1n) is 5.74. The van der Waals surface area contributed by atoms with Crippen LogP contribution < -0.4 is 14.8 Å². The van der Waals surface area contributed by atoms with Gasteiger partial charge >= 0.3 is 0 Å². The molecule has 0 aliphatic carbocycles. The summed E-state index contributed by atoms with van der Waals surface area (Å²) in [7, 11) is 0. The molecule has 0 radical (unpaired) electrons. The first-order valence-corrected chi connectivity index (χ1v) is 8.20. The minimum Gasteiger partial charge on any atom is -0.454 e. The van der Waals surface area contributed by atoms with E-state index in [1.807, 2.05) is 12.1 Å². The second kappa shape index (κ2) is 5.83. The maximum absolute atomic E-state index is 5.39. The molecule has 0 spiro atoms. The van der Waals surface area contributed by atoms with Crippen molar-refractivity contribution >= 4 is 43.2 Å². The van der Waals surface area contributed by atoms with Crippen molar-refractivity contribution in [3.05, 3.63) is 43.0 Å². The predicted octanol–water partition coefficient (Wildman–Crippen LogP) is 4.29. The molecule has 0 saturated carbocycles. The summed E-state index contributed by atoms with van der Waals surface area (Å²) in [6.45, 7) is 1.95. The van der Waals surface area contributed by atoms with Crippen LogP contribution in [0.4, 0.5) is 0 Å². The summed E-state index contributed by atoms with van der Waals surface area (Å²) < 4.78 is 12.9. The lowest BCUT2D eigenvalue weighted by Gasteiger charge is -2.07. The van der Waals surface area contributed by atoms with Gasteiger partial charge < -0.3 is 14.8 Å². The lowest BCUT2D eigenvalue weighted by atomic mass is 10.2. The van der Waals surface area contributed by atoms with Crippen LogP contribution in [-0.2, 0) is 13.1 Å². The number of hydrogen-bond donors (Lipinski definition) is 1. The van der Waals surface area contributed by atoms with Gasteiger partial charge in [-0.3, -0.25) is 0 Å². The molecule has 0 fully saturated rings. The lowest BCUT2D eigenvalue weighted by molar-refractivity contribution is 0.174. The highest BCUT2D eigenvalue weighted by Gasteiger charge is 2.15. The van der Waals surface area contributed by atoms with Crippen molar-refractivity contribution in [2.45, 2.75) is 13.1 Å². The zero-order valence-corrected chi connectivity index (χ0v) is 13.9. The number of ether oxygens (including phenoxy) is 2. The molecule has 0 atom stereocenters. The molecule has 3 nitrogen and oxygen atoms in total. The number of halogens is 2. The average molecular weight is 405 g/mol. The number of rotatable bonds is 4. The third-order valence-electron chi connectivity index (χ3n) is 2.78. The maximum Gasteiger partial charge on any atom is 0.231 e. The Morgan fingerprint density at radius 3 is 2.63 bits per heavy atom. The normalized spacial score (nSPS) is 12.9. The summed E-state index contributed by atoms with van der Waals surface area (Å²) in [6, 6.07) is 6.11. The van der Waals surface area contributed by atoms with E-state index in [1.165, 1.54) is 10.4 Å². The van der Waals surface area contributed by atoms with E-state index in [2.05, 4.69) is 48.6 Å². The molecular formula is C13H11Br2NO2S. The predicted molar refractivity (Wildman–Crippen MR) is 82.8 cm³/mol. The van der Waals surface area contributed by atoms with Gasteiger partial charge in [-0.25, -0.2) is 0 Å². The van der Waals surface area contributed by atoms with E-state index in [0.717, 1.165) is 33.5 Å². The topological polar surface area (TPSA) is 30.5 Å². The summed E-state index contributed by atoms with van der Waals surface area (Å²) in [5, 5.41) is 5.52. The summed E-state index contributed by atoms with van der Waals surface area (Å²) in [4.78, 5) is 1.31. The summed E-state index contributed by atoms with van der Waals surface area (Å²) in [6.07, 6.45) is 0. The third-order valence-corrected chi connectivity index (χ3v) is 5.21. The molecule has 1 N–H and O–H groups in total. The minimum atomic E-state index is 0.307. The number of nitrogens with one attached hydrogen (secondary N) is 1. The zero-order chi connectivity index (χ0) is 13.2. The molecular weight excluding hydrogens is 394 g/mol. The number of fused-ring (bicyclic) bond motifs is 1.